The van der Waals surface area contributed by atoms with E-state index in [0.717, 1.165) is 11.8 Å². The summed E-state index contributed by atoms with van der Waals surface area (Å²) in [5.41, 5.74) is 2.02. The van der Waals surface area contributed by atoms with Crippen molar-refractivity contribution in [1.29, 1.82) is 0 Å². The molecule has 0 aromatic heterocycles. The molecule has 0 unspecified atom stereocenters. The predicted molar refractivity (Wildman–Crippen MR) is 112 cm³/mol. The Morgan fingerprint density at radius 3 is 2.55 bits per heavy atom. The van der Waals surface area contributed by atoms with E-state index in [1.54, 1.807) is 32.2 Å². The largest absolute Gasteiger partial charge is 0.497 e. The lowest BCUT2D eigenvalue weighted by Gasteiger charge is -2.38. The Bertz CT molecular complexity index is 1050. The molecule has 0 bridgehead atoms. The fourth-order valence-electron chi connectivity index (χ4n) is 3.45. The van der Waals surface area contributed by atoms with Gasteiger partial charge >= 0.3 is 0 Å². The first kappa shape index (κ1) is 21.0. The molecule has 0 aliphatic carbocycles. The molecule has 1 amide bonds. The third kappa shape index (κ3) is 5.00. The van der Waals surface area contributed by atoms with Crippen molar-refractivity contribution < 1.29 is 22.7 Å². The summed E-state index contributed by atoms with van der Waals surface area (Å²) in [4.78, 5) is 12.9. The van der Waals surface area contributed by atoms with E-state index in [1.807, 2.05) is 32.0 Å². The average Bonchev–Trinajstić information content (AvgIpc) is 2.60. The molecule has 0 spiro atoms. The van der Waals surface area contributed by atoms with Crippen molar-refractivity contribution in [1.82, 2.24) is 5.32 Å². The van der Waals surface area contributed by atoms with Crippen LogP contribution >= 0.6 is 0 Å². The van der Waals surface area contributed by atoms with Gasteiger partial charge in [0.05, 0.1) is 25.1 Å². The van der Waals surface area contributed by atoms with Gasteiger partial charge in [-0.05, 0) is 56.7 Å². The zero-order valence-electron chi connectivity index (χ0n) is 17.2. The summed E-state index contributed by atoms with van der Waals surface area (Å²) in [7, 11) is -1.79. The monoisotopic (exact) mass is 418 g/mol. The maximum Gasteiger partial charge on any atom is 0.251 e. The lowest BCUT2D eigenvalue weighted by atomic mass is 9.89. The van der Waals surface area contributed by atoms with E-state index >= 15 is 0 Å². The first-order chi connectivity index (χ1) is 13.5. The number of hydrogen-bond donors (Lipinski definition) is 2. The van der Waals surface area contributed by atoms with Crippen LogP contribution in [0.5, 0.6) is 11.5 Å². The summed E-state index contributed by atoms with van der Waals surface area (Å²) in [5, 5.41) is 3.08. The molecule has 0 saturated carbocycles. The zero-order chi connectivity index (χ0) is 21.4. The number of carbonyl (C=O) groups is 1. The Morgan fingerprint density at radius 1 is 1.21 bits per heavy atom. The van der Waals surface area contributed by atoms with Crippen molar-refractivity contribution in [2.75, 3.05) is 18.1 Å². The van der Waals surface area contributed by atoms with Gasteiger partial charge < -0.3 is 14.8 Å². The highest BCUT2D eigenvalue weighted by molar-refractivity contribution is 7.92. The number of methoxy groups -OCH3 is 1. The minimum Gasteiger partial charge on any atom is -0.497 e. The number of anilines is 1. The number of aryl methyl sites for hydroxylation is 1. The van der Waals surface area contributed by atoms with Gasteiger partial charge in [-0.25, -0.2) is 8.42 Å². The van der Waals surface area contributed by atoms with E-state index in [2.05, 4.69) is 10.0 Å². The summed E-state index contributed by atoms with van der Waals surface area (Å²) in [6, 6.07) is 10.2. The number of carbonyl (C=O) groups excluding carboxylic acids is 1. The molecule has 156 valence electrons. The summed E-state index contributed by atoms with van der Waals surface area (Å²) in [5.74, 6) is 1.15. The Morgan fingerprint density at radius 2 is 1.93 bits per heavy atom. The molecule has 1 heterocycles. The van der Waals surface area contributed by atoms with E-state index in [0.29, 0.717) is 34.7 Å². The summed E-state index contributed by atoms with van der Waals surface area (Å²) < 4.78 is 36.7. The average molecular weight is 419 g/mol. The normalized spacial score (nSPS) is 17.6. The van der Waals surface area contributed by atoms with Crippen LogP contribution in [0.3, 0.4) is 0 Å². The number of fused-ring (bicyclic) bond motifs is 1. The highest BCUT2D eigenvalue weighted by Gasteiger charge is 2.35. The van der Waals surface area contributed by atoms with Crippen LogP contribution in [0.25, 0.3) is 0 Å². The van der Waals surface area contributed by atoms with Crippen molar-refractivity contribution in [3.05, 3.63) is 53.1 Å². The van der Waals surface area contributed by atoms with Gasteiger partial charge in [0.15, 0.2) is 0 Å². The lowest BCUT2D eigenvalue weighted by Crippen LogP contribution is -2.41. The summed E-state index contributed by atoms with van der Waals surface area (Å²) in [6.07, 6.45) is 1.71. The van der Waals surface area contributed by atoms with Crippen molar-refractivity contribution in [2.24, 2.45) is 0 Å². The summed E-state index contributed by atoms with van der Waals surface area (Å²) in [6.45, 7) is 5.71. The van der Waals surface area contributed by atoms with Crippen LogP contribution in [0.15, 0.2) is 36.4 Å². The van der Waals surface area contributed by atoms with E-state index in [4.69, 9.17) is 9.47 Å². The lowest BCUT2D eigenvalue weighted by molar-refractivity contribution is 0.0617. The maximum absolute atomic E-state index is 12.9. The predicted octanol–water partition coefficient (Wildman–Crippen LogP) is 3.41. The van der Waals surface area contributed by atoms with Crippen molar-refractivity contribution in [2.45, 2.75) is 38.8 Å². The van der Waals surface area contributed by atoms with E-state index in [1.165, 1.54) is 0 Å². The Hall–Kier alpha value is -2.74. The van der Waals surface area contributed by atoms with Crippen LogP contribution in [-0.4, -0.2) is 33.3 Å². The molecule has 3 rings (SSSR count). The van der Waals surface area contributed by atoms with Gasteiger partial charge in [0.1, 0.15) is 17.1 Å². The number of rotatable bonds is 5. The Kier molecular flexibility index (Phi) is 5.49. The molecule has 1 aliphatic rings. The van der Waals surface area contributed by atoms with Crippen LogP contribution in [-0.2, 0) is 10.0 Å². The number of hydrogen-bond acceptors (Lipinski definition) is 5. The first-order valence-electron chi connectivity index (χ1n) is 9.24. The van der Waals surface area contributed by atoms with Crippen LogP contribution in [0, 0.1) is 6.92 Å². The van der Waals surface area contributed by atoms with Crippen molar-refractivity contribution in [3.63, 3.8) is 0 Å². The van der Waals surface area contributed by atoms with Crippen molar-refractivity contribution in [3.8, 4) is 11.5 Å². The molecular formula is C21H26N2O5S. The van der Waals surface area contributed by atoms with Gasteiger partial charge in [0.2, 0.25) is 10.0 Å². The molecule has 1 atom stereocenters. The minimum absolute atomic E-state index is 0.221. The number of ether oxygens (including phenoxy) is 2. The highest BCUT2D eigenvalue weighted by Crippen LogP contribution is 2.41. The second kappa shape index (κ2) is 7.59. The first-order valence-corrected chi connectivity index (χ1v) is 11.1. The van der Waals surface area contributed by atoms with E-state index < -0.39 is 15.6 Å². The smallest absolute Gasteiger partial charge is 0.251 e. The molecule has 8 heteroatoms. The maximum atomic E-state index is 12.9. The van der Waals surface area contributed by atoms with Crippen molar-refractivity contribution >= 4 is 21.6 Å². The molecule has 2 aromatic rings. The van der Waals surface area contributed by atoms with Gasteiger partial charge in [0, 0.05) is 23.6 Å². The molecule has 29 heavy (non-hydrogen) atoms. The van der Waals surface area contributed by atoms with E-state index in [9.17, 15) is 13.2 Å². The van der Waals surface area contributed by atoms with Gasteiger partial charge in [0.25, 0.3) is 5.91 Å². The van der Waals surface area contributed by atoms with Crippen LogP contribution in [0.2, 0.25) is 0 Å². The zero-order valence-corrected chi connectivity index (χ0v) is 18.0. The van der Waals surface area contributed by atoms with Gasteiger partial charge in [-0.2, -0.15) is 0 Å². The fraction of sp³-hybridized carbons (Fsp3) is 0.381. The molecule has 2 N–H and O–H groups in total. The van der Waals surface area contributed by atoms with Crippen LogP contribution < -0.4 is 19.5 Å². The van der Waals surface area contributed by atoms with E-state index in [-0.39, 0.29) is 11.9 Å². The molecule has 2 aromatic carbocycles. The van der Waals surface area contributed by atoms with Gasteiger partial charge in [-0.1, -0.05) is 0 Å². The third-order valence-corrected chi connectivity index (χ3v) is 5.36. The quantitative estimate of drug-likeness (QED) is 0.776. The number of nitrogens with one attached hydrogen (secondary N) is 2. The second-order valence-corrected chi connectivity index (χ2v) is 9.65. The topological polar surface area (TPSA) is 93.7 Å². The number of sulfonamides is 1. The number of benzene rings is 2. The van der Waals surface area contributed by atoms with Crippen LogP contribution in [0.1, 0.15) is 47.8 Å². The Balaban J connectivity index is 1.84. The second-order valence-electron chi connectivity index (χ2n) is 7.90. The highest BCUT2D eigenvalue weighted by atomic mass is 32.2. The summed E-state index contributed by atoms with van der Waals surface area (Å²) >= 11 is 0. The van der Waals surface area contributed by atoms with Crippen LogP contribution in [0.4, 0.5) is 5.69 Å². The molecule has 0 radical (unpaired) electrons. The molecule has 1 aliphatic heterocycles. The molecule has 0 saturated heterocycles. The third-order valence-electron chi connectivity index (χ3n) is 4.77. The molecule has 0 fully saturated rings. The van der Waals surface area contributed by atoms with Gasteiger partial charge in [-0.3, -0.25) is 9.52 Å². The minimum atomic E-state index is -3.38. The SMILES string of the molecule is COc1ccc2c(c1)OC(C)(C)C[C@H]2NC(=O)c1ccc(NS(C)(=O)=O)c(C)c1. The fourth-order valence-corrected chi connectivity index (χ4v) is 4.08. The van der Waals surface area contributed by atoms with Gasteiger partial charge in [-0.15, -0.1) is 0 Å². The Labute approximate surface area is 171 Å². The molecular weight excluding hydrogens is 392 g/mol. The standard InChI is InChI=1S/C21H26N2O5S/c1-13-10-14(6-9-17(13)23-29(5,25)26)20(24)22-18-12-21(2,3)28-19-11-15(27-4)7-8-16(18)19/h6-11,18,23H,12H2,1-5H3,(H,22,24)/t18-/m1/s1. The number of amides is 1. The molecule has 7 nitrogen and oxygen atoms in total.